The van der Waals surface area contributed by atoms with E-state index in [0.29, 0.717) is 18.7 Å². The minimum atomic E-state index is -0.404. The molecule has 2 aromatic rings. The third kappa shape index (κ3) is 6.84. The van der Waals surface area contributed by atoms with Crippen molar-refractivity contribution in [1.82, 2.24) is 10.6 Å². The summed E-state index contributed by atoms with van der Waals surface area (Å²) in [7, 11) is 0. The Morgan fingerprint density at radius 3 is 2.31 bits per heavy atom. The molecule has 2 rings (SSSR count). The van der Waals surface area contributed by atoms with Crippen LogP contribution in [0.1, 0.15) is 29.8 Å². The van der Waals surface area contributed by atoms with Crippen molar-refractivity contribution in [2.24, 2.45) is 0 Å². The topological polar surface area (TPSA) is 76.7 Å². The second-order valence-corrected chi connectivity index (χ2v) is 5.98. The van der Waals surface area contributed by atoms with Crippen molar-refractivity contribution >= 4 is 12.0 Å². The first-order chi connectivity index (χ1) is 12.5. The molecule has 0 aliphatic heterocycles. The zero-order valence-corrected chi connectivity index (χ0v) is 15.0. The van der Waals surface area contributed by atoms with Crippen LogP contribution in [0.5, 0.6) is 5.75 Å². The molecule has 0 heterocycles. The molecular formula is C20H24N2O4. The lowest BCUT2D eigenvalue weighted by atomic mass is 10.1. The average Bonchev–Trinajstić information content (AvgIpc) is 2.64. The van der Waals surface area contributed by atoms with Gasteiger partial charge in [-0.2, -0.15) is 0 Å². The van der Waals surface area contributed by atoms with Crippen molar-refractivity contribution in [2.45, 2.75) is 26.4 Å². The third-order valence-electron chi connectivity index (χ3n) is 3.39. The average molecular weight is 356 g/mol. The predicted molar refractivity (Wildman–Crippen MR) is 99.2 cm³/mol. The number of ether oxygens (including phenoxy) is 2. The van der Waals surface area contributed by atoms with E-state index >= 15 is 0 Å². The number of hydrogen-bond acceptors (Lipinski definition) is 4. The Balaban J connectivity index is 1.71. The van der Waals surface area contributed by atoms with Crippen LogP contribution in [0.25, 0.3) is 0 Å². The molecule has 0 aromatic heterocycles. The molecular weight excluding hydrogens is 332 g/mol. The van der Waals surface area contributed by atoms with Gasteiger partial charge >= 0.3 is 12.0 Å². The van der Waals surface area contributed by atoms with Gasteiger partial charge in [0.1, 0.15) is 19.0 Å². The number of urea groups is 1. The van der Waals surface area contributed by atoms with E-state index in [4.69, 9.17) is 9.47 Å². The summed E-state index contributed by atoms with van der Waals surface area (Å²) >= 11 is 0. The number of rotatable bonds is 8. The largest absolute Gasteiger partial charge is 0.490 e. The maximum atomic E-state index is 12.0. The van der Waals surface area contributed by atoms with Gasteiger partial charge in [-0.3, -0.25) is 0 Å². The SMILES string of the molecule is CC(C)NC(=O)NCc1ccc(C(=O)OCCOc2ccccc2)cc1. The van der Waals surface area contributed by atoms with E-state index in [1.807, 2.05) is 44.2 Å². The van der Waals surface area contributed by atoms with Crippen molar-refractivity contribution in [1.29, 1.82) is 0 Å². The van der Waals surface area contributed by atoms with E-state index in [1.54, 1.807) is 24.3 Å². The van der Waals surface area contributed by atoms with Crippen LogP contribution in [-0.4, -0.2) is 31.3 Å². The number of para-hydroxylation sites is 1. The van der Waals surface area contributed by atoms with Crippen molar-refractivity contribution < 1.29 is 19.1 Å². The minimum absolute atomic E-state index is 0.0815. The van der Waals surface area contributed by atoms with Crippen LogP contribution in [0, 0.1) is 0 Å². The fourth-order valence-electron chi connectivity index (χ4n) is 2.15. The van der Waals surface area contributed by atoms with Gasteiger partial charge in [0.2, 0.25) is 0 Å². The maximum Gasteiger partial charge on any atom is 0.338 e. The zero-order chi connectivity index (χ0) is 18.8. The van der Waals surface area contributed by atoms with Crippen LogP contribution in [0.4, 0.5) is 4.79 Å². The Labute approximate surface area is 153 Å². The molecule has 0 aliphatic rings. The number of hydrogen-bond donors (Lipinski definition) is 2. The summed E-state index contributed by atoms with van der Waals surface area (Å²) in [6.45, 7) is 4.64. The Hall–Kier alpha value is -3.02. The molecule has 0 aliphatic carbocycles. The summed E-state index contributed by atoms with van der Waals surface area (Å²) < 4.78 is 10.7. The van der Waals surface area contributed by atoms with Gasteiger partial charge in [-0.15, -0.1) is 0 Å². The summed E-state index contributed by atoms with van der Waals surface area (Å²) in [5.74, 6) is 0.334. The van der Waals surface area contributed by atoms with Crippen molar-refractivity contribution in [3.63, 3.8) is 0 Å². The summed E-state index contributed by atoms with van der Waals surface area (Å²) in [5.41, 5.74) is 1.35. The van der Waals surface area contributed by atoms with Gasteiger partial charge in [0.25, 0.3) is 0 Å². The van der Waals surface area contributed by atoms with E-state index in [2.05, 4.69) is 10.6 Å². The molecule has 2 aromatic carbocycles. The fraction of sp³-hybridized carbons (Fsp3) is 0.300. The Morgan fingerprint density at radius 2 is 1.65 bits per heavy atom. The van der Waals surface area contributed by atoms with E-state index < -0.39 is 5.97 Å². The first-order valence-electron chi connectivity index (χ1n) is 8.53. The lowest BCUT2D eigenvalue weighted by Gasteiger charge is -2.10. The molecule has 0 bridgehead atoms. The van der Waals surface area contributed by atoms with E-state index in [9.17, 15) is 9.59 Å². The lowest BCUT2D eigenvalue weighted by molar-refractivity contribution is 0.0450. The molecule has 26 heavy (non-hydrogen) atoms. The van der Waals surface area contributed by atoms with Gasteiger partial charge in [-0.05, 0) is 43.7 Å². The van der Waals surface area contributed by atoms with Crippen LogP contribution in [0.15, 0.2) is 54.6 Å². The van der Waals surface area contributed by atoms with Gasteiger partial charge in [0, 0.05) is 12.6 Å². The Kier molecular flexibility index (Phi) is 7.49. The van der Waals surface area contributed by atoms with Gasteiger partial charge in [-0.1, -0.05) is 30.3 Å². The molecule has 0 unspecified atom stereocenters. The normalized spacial score (nSPS) is 10.3. The number of esters is 1. The highest BCUT2D eigenvalue weighted by atomic mass is 16.6. The lowest BCUT2D eigenvalue weighted by Crippen LogP contribution is -2.39. The first kappa shape index (κ1) is 19.3. The van der Waals surface area contributed by atoms with Crippen molar-refractivity contribution in [2.75, 3.05) is 13.2 Å². The van der Waals surface area contributed by atoms with Crippen LogP contribution in [-0.2, 0) is 11.3 Å². The minimum Gasteiger partial charge on any atom is -0.490 e. The quantitative estimate of drug-likeness (QED) is 0.563. The summed E-state index contributed by atoms with van der Waals surface area (Å²) in [4.78, 5) is 23.5. The number of carbonyl (C=O) groups is 2. The van der Waals surface area contributed by atoms with Gasteiger partial charge in [0.05, 0.1) is 5.56 Å². The van der Waals surface area contributed by atoms with Crippen LogP contribution in [0.3, 0.4) is 0 Å². The third-order valence-corrected chi connectivity index (χ3v) is 3.39. The molecule has 2 amide bonds. The molecule has 0 atom stereocenters. The monoisotopic (exact) mass is 356 g/mol. The summed E-state index contributed by atoms with van der Waals surface area (Å²) in [6.07, 6.45) is 0. The highest BCUT2D eigenvalue weighted by Crippen LogP contribution is 2.09. The molecule has 6 heteroatoms. The predicted octanol–water partition coefficient (Wildman–Crippen LogP) is 3.13. The number of amides is 2. The summed E-state index contributed by atoms with van der Waals surface area (Å²) in [6, 6.07) is 16.1. The molecule has 0 spiro atoms. The fourth-order valence-corrected chi connectivity index (χ4v) is 2.15. The van der Waals surface area contributed by atoms with Crippen LogP contribution >= 0.6 is 0 Å². The second-order valence-electron chi connectivity index (χ2n) is 5.98. The maximum absolute atomic E-state index is 12.0. The molecule has 0 saturated carbocycles. The molecule has 0 fully saturated rings. The van der Waals surface area contributed by atoms with Gasteiger partial charge in [-0.25, -0.2) is 9.59 Å². The van der Waals surface area contributed by atoms with E-state index in [0.717, 1.165) is 11.3 Å². The first-order valence-corrected chi connectivity index (χ1v) is 8.53. The van der Waals surface area contributed by atoms with Gasteiger partial charge in [0.15, 0.2) is 0 Å². The van der Waals surface area contributed by atoms with E-state index in [-0.39, 0.29) is 18.7 Å². The summed E-state index contributed by atoms with van der Waals surface area (Å²) in [5, 5.41) is 5.50. The van der Waals surface area contributed by atoms with Crippen molar-refractivity contribution in [3.05, 3.63) is 65.7 Å². The van der Waals surface area contributed by atoms with Crippen molar-refractivity contribution in [3.8, 4) is 5.75 Å². The standard InChI is InChI=1S/C20H24N2O4/c1-15(2)22-20(24)21-14-16-8-10-17(11-9-16)19(23)26-13-12-25-18-6-4-3-5-7-18/h3-11,15H,12-14H2,1-2H3,(H2,21,22,24). The second kappa shape index (κ2) is 10.1. The Bertz CT molecular complexity index is 700. The highest BCUT2D eigenvalue weighted by molar-refractivity contribution is 5.89. The van der Waals surface area contributed by atoms with Gasteiger partial charge < -0.3 is 20.1 Å². The Morgan fingerprint density at radius 1 is 0.962 bits per heavy atom. The number of benzene rings is 2. The molecule has 2 N–H and O–H groups in total. The molecule has 0 radical (unpaired) electrons. The van der Waals surface area contributed by atoms with Crippen LogP contribution in [0.2, 0.25) is 0 Å². The smallest absolute Gasteiger partial charge is 0.338 e. The number of nitrogens with one attached hydrogen (secondary N) is 2. The number of carbonyl (C=O) groups excluding carboxylic acids is 2. The van der Waals surface area contributed by atoms with E-state index in [1.165, 1.54) is 0 Å². The molecule has 6 nitrogen and oxygen atoms in total. The zero-order valence-electron chi connectivity index (χ0n) is 15.0. The van der Waals surface area contributed by atoms with Crippen LogP contribution < -0.4 is 15.4 Å². The highest BCUT2D eigenvalue weighted by Gasteiger charge is 2.08. The molecule has 138 valence electrons. The molecule has 0 saturated heterocycles.